The van der Waals surface area contributed by atoms with Gasteiger partial charge in [0.25, 0.3) is 0 Å². The van der Waals surface area contributed by atoms with Gasteiger partial charge in [0.05, 0.1) is 6.42 Å². The highest BCUT2D eigenvalue weighted by molar-refractivity contribution is 5.98. The van der Waals surface area contributed by atoms with Crippen molar-refractivity contribution < 1.29 is 4.84 Å². The maximum Gasteiger partial charge on any atom is 0.218 e. The highest BCUT2D eigenvalue weighted by Crippen LogP contribution is 2.13. The fraction of sp³-hybridized carbons (Fsp3) is 0.375. The molecule has 5 nitrogen and oxygen atoms in total. The molecule has 0 amide bonds. The van der Waals surface area contributed by atoms with Crippen molar-refractivity contribution in [3.8, 4) is 6.07 Å². The van der Waals surface area contributed by atoms with E-state index in [1.165, 1.54) is 0 Å². The molecule has 1 unspecified atom stereocenters. The Bertz CT molecular complexity index is 387. The van der Waals surface area contributed by atoms with Crippen LogP contribution in [-0.4, -0.2) is 21.4 Å². The van der Waals surface area contributed by atoms with E-state index in [9.17, 15) is 0 Å². The van der Waals surface area contributed by atoms with Gasteiger partial charge in [-0.3, -0.25) is 0 Å². The molecule has 1 aromatic heterocycles. The minimum absolute atomic E-state index is 0.452. The lowest BCUT2D eigenvalue weighted by Crippen LogP contribution is -2.09. The third kappa shape index (κ3) is 1.26. The van der Waals surface area contributed by atoms with E-state index in [0.29, 0.717) is 6.42 Å². The zero-order valence-electron chi connectivity index (χ0n) is 7.14. The van der Waals surface area contributed by atoms with Crippen molar-refractivity contribution in [1.29, 1.82) is 5.26 Å². The molecule has 2 rings (SSSR count). The Morgan fingerprint density at radius 1 is 1.77 bits per heavy atom. The van der Waals surface area contributed by atoms with Crippen molar-refractivity contribution in [3.05, 3.63) is 18.2 Å². The Hall–Kier alpha value is -1.83. The third-order valence-electron chi connectivity index (χ3n) is 1.89. The summed E-state index contributed by atoms with van der Waals surface area (Å²) in [5.74, 6) is 0.762. The fourth-order valence-electron chi connectivity index (χ4n) is 1.22. The van der Waals surface area contributed by atoms with Gasteiger partial charge in [-0.1, -0.05) is 5.16 Å². The van der Waals surface area contributed by atoms with Crippen molar-refractivity contribution >= 4 is 5.71 Å². The summed E-state index contributed by atoms with van der Waals surface area (Å²) in [4.78, 5) is 8.98. The van der Waals surface area contributed by atoms with Gasteiger partial charge in [-0.25, -0.2) is 4.98 Å². The first kappa shape index (κ1) is 7.80. The first-order valence-corrected chi connectivity index (χ1v) is 3.91. The molecular weight excluding hydrogens is 168 g/mol. The molecule has 66 valence electrons. The van der Waals surface area contributed by atoms with Gasteiger partial charge in [-0.05, 0) is 0 Å². The molecule has 0 aliphatic carbocycles. The number of nitriles is 1. The summed E-state index contributed by atoms with van der Waals surface area (Å²) in [5, 5.41) is 12.4. The molecule has 2 heterocycles. The van der Waals surface area contributed by atoms with E-state index in [2.05, 4.69) is 10.1 Å². The summed E-state index contributed by atoms with van der Waals surface area (Å²) in [6.45, 7) is 0. The molecule has 13 heavy (non-hydrogen) atoms. The van der Waals surface area contributed by atoms with Crippen LogP contribution in [0.15, 0.2) is 17.5 Å². The number of rotatable bonds is 1. The molecule has 1 atom stereocenters. The van der Waals surface area contributed by atoms with Crippen LogP contribution in [0.2, 0.25) is 0 Å². The second kappa shape index (κ2) is 2.90. The van der Waals surface area contributed by atoms with Gasteiger partial charge in [0.15, 0.2) is 5.82 Å². The highest BCUT2D eigenvalue weighted by Gasteiger charge is 2.23. The van der Waals surface area contributed by atoms with E-state index in [1.807, 2.05) is 23.9 Å². The summed E-state index contributed by atoms with van der Waals surface area (Å²) in [5.41, 5.74) is 0.735. The van der Waals surface area contributed by atoms with Crippen molar-refractivity contribution in [3.63, 3.8) is 0 Å². The first-order valence-electron chi connectivity index (χ1n) is 3.91. The molecule has 1 aliphatic rings. The molecule has 0 spiro atoms. The Morgan fingerprint density at radius 3 is 3.15 bits per heavy atom. The lowest BCUT2D eigenvalue weighted by atomic mass is 10.2. The number of aromatic nitrogens is 2. The molecule has 0 fully saturated rings. The second-order valence-corrected chi connectivity index (χ2v) is 2.83. The normalized spacial score (nSPS) is 20.6. The Labute approximate surface area is 75.2 Å². The average Bonchev–Trinajstić information content (AvgIpc) is 2.71. The van der Waals surface area contributed by atoms with Crippen LogP contribution in [0.4, 0.5) is 0 Å². The number of imidazole rings is 1. The molecule has 1 aromatic rings. The molecule has 0 radical (unpaired) electrons. The van der Waals surface area contributed by atoms with Gasteiger partial charge >= 0.3 is 0 Å². The van der Waals surface area contributed by atoms with E-state index in [4.69, 9.17) is 10.1 Å². The second-order valence-electron chi connectivity index (χ2n) is 2.83. The molecule has 5 heteroatoms. The molecule has 0 saturated carbocycles. The fourth-order valence-corrected chi connectivity index (χ4v) is 1.22. The van der Waals surface area contributed by atoms with Gasteiger partial charge < -0.3 is 9.40 Å². The zero-order valence-corrected chi connectivity index (χ0v) is 7.14. The van der Waals surface area contributed by atoms with Gasteiger partial charge in [0.2, 0.25) is 6.10 Å². The zero-order chi connectivity index (χ0) is 9.26. The van der Waals surface area contributed by atoms with E-state index >= 15 is 0 Å². The summed E-state index contributed by atoms with van der Waals surface area (Å²) >= 11 is 0. The standard InChI is InChI=1S/C8H8N4O/c1-12-3-2-10-8(12)7-4-6(5-9)13-11-7/h2-3,6H,4H2,1H3. The number of hydrogen-bond acceptors (Lipinski definition) is 4. The van der Waals surface area contributed by atoms with Crippen molar-refractivity contribution in [2.45, 2.75) is 12.5 Å². The van der Waals surface area contributed by atoms with E-state index in [1.54, 1.807) is 6.20 Å². The van der Waals surface area contributed by atoms with Crippen LogP contribution in [0.3, 0.4) is 0 Å². The van der Waals surface area contributed by atoms with E-state index in [0.717, 1.165) is 11.5 Å². The first-order chi connectivity index (χ1) is 6.31. The third-order valence-corrected chi connectivity index (χ3v) is 1.89. The Kier molecular flexibility index (Phi) is 1.74. The van der Waals surface area contributed by atoms with Crippen LogP contribution < -0.4 is 0 Å². The van der Waals surface area contributed by atoms with Gasteiger partial charge in [-0.15, -0.1) is 0 Å². The monoisotopic (exact) mass is 176 g/mol. The Morgan fingerprint density at radius 2 is 2.62 bits per heavy atom. The lowest BCUT2D eigenvalue weighted by Gasteiger charge is -1.97. The smallest absolute Gasteiger partial charge is 0.218 e. The quantitative estimate of drug-likeness (QED) is 0.623. The predicted molar refractivity (Wildman–Crippen MR) is 44.8 cm³/mol. The Balaban J connectivity index is 2.22. The van der Waals surface area contributed by atoms with Crippen molar-refractivity contribution in [1.82, 2.24) is 9.55 Å². The summed E-state index contributed by atoms with van der Waals surface area (Å²) in [6, 6.07) is 2.00. The average molecular weight is 176 g/mol. The predicted octanol–water partition coefficient (Wildman–Crippen LogP) is 0.437. The molecule has 1 aliphatic heterocycles. The van der Waals surface area contributed by atoms with Crippen molar-refractivity contribution in [2.24, 2.45) is 12.2 Å². The maximum absolute atomic E-state index is 8.58. The van der Waals surface area contributed by atoms with Crippen LogP contribution in [0.5, 0.6) is 0 Å². The molecule has 0 bridgehead atoms. The highest BCUT2D eigenvalue weighted by atomic mass is 16.6. The SMILES string of the molecule is Cn1ccnc1C1=NOC(C#N)C1. The van der Waals surface area contributed by atoms with Gasteiger partial charge in [0, 0.05) is 19.4 Å². The van der Waals surface area contributed by atoms with Gasteiger partial charge in [-0.2, -0.15) is 5.26 Å². The van der Waals surface area contributed by atoms with Crippen LogP contribution in [0.1, 0.15) is 12.2 Å². The van der Waals surface area contributed by atoms with Gasteiger partial charge in [0.1, 0.15) is 11.8 Å². The number of hydrogen-bond donors (Lipinski definition) is 0. The topological polar surface area (TPSA) is 63.2 Å². The van der Waals surface area contributed by atoms with Crippen LogP contribution >= 0.6 is 0 Å². The summed E-state index contributed by atoms with van der Waals surface area (Å²) < 4.78 is 1.85. The number of oxime groups is 1. The maximum atomic E-state index is 8.58. The molecule has 0 aromatic carbocycles. The number of aryl methyl sites for hydroxylation is 1. The van der Waals surface area contributed by atoms with Crippen LogP contribution in [0, 0.1) is 11.3 Å². The summed E-state index contributed by atoms with van der Waals surface area (Å²) in [7, 11) is 1.88. The minimum Gasteiger partial charge on any atom is -0.376 e. The molecule has 0 N–H and O–H groups in total. The van der Waals surface area contributed by atoms with Crippen LogP contribution in [0.25, 0.3) is 0 Å². The molecular formula is C8H8N4O. The summed E-state index contributed by atoms with van der Waals surface area (Å²) in [6.07, 6.45) is 3.59. The lowest BCUT2D eigenvalue weighted by molar-refractivity contribution is 0.125. The van der Waals surface area contributed by atoms with Crippen molar-refractivity contribution in [2.75, 3.05) is 0 Å². The minimum atomic E-state index is -0.452. The largest absolute Gasteiger partial charge is 0.376 e. The van der Waals surface area contributed by atoms with Crippen LogP contribution in [-0.2, 0) is 11.9 Å². The molecule has 0 saturated heterocycles. The van der Waals surface area contributed by atoms with E-state index in [-0.39, 0.29) is 0 Å². The van der Waals surface area contributed by atoms with E-state index < -0.39 is 6.10 Å². The number of nitrogens with zero attached hydrogens (tertiary/aromatic N) is 4.